The molecule has 6 nitrogen and oxygen atoms in total. The van der Waals surface area contributed by atoms with Gasteiger partial charge in [-0.1, -0.05) is 126 Å². The molecule has 0 saturated carbocycles. The Morgan fingerprint density at radius 3 is 1.06 bits per heavy atom. The first-order valence-corrected chi connectivity index (χ1v) is 23.4. The third kappa shape index (κ3) is 7.84. The molecule has 0 spiro atoms. The van der Waals surface area contributed by atoms with Gasteiger partial charge in [0.15, 0.2) is 0 Å². The van der Waals surface area contributed by atoms with Gasteiger partial charge >= 0.3 is 0 Å². The van der Waals surface area contributed by atoms with E-state index in [1.807, 2.05) is 36.4 Å². The highest BCUT2D eigenvalue weighted by Crippen LogP contribution is 2.46. The summed E-state index contributed by atoms with van der Waals surface area (Å²) in [6.45, 7) is 18.1. The molecule has 2 aromatic heterocycles. The van der Waals surface area contributed by atoms with Crippen molar-refractivity contribution in [1.29, 1.82) is 0 Å². The molecule has 0 bridgehead atoms. The molecule has 0 atom stereocenters. The summed E-state index contributed by atoms with van der Waals surface area (Å²) in [7, 11) is 0. The van der Waals surface area contributed by atoms with Gasteiger partial charge in [0.05, 0.1) is 46.7 Å². The van der Waals surface area contributed by atoms with E-state index in [1.165, 1.54) is 0 Å². The SMILES string of the molecule is Cc1cc(-c2cc(C(C)(C)C)ccc2OCCCOc2ccc(C(C)(C)C)cc2-c2cc(C)cc(-n3c4ccccc4c4ccccc43)c2O)c(O)c(-n2c3ccccc3c3ccccc32)c1. The lowest BCUT2D eigenvalue weighted by Gasteiger charge is -2.23. The lowest BCUT2D eigenvalue weighted by molar-refractivity contribution is 0.248. The zero-order chi connectivity index (χ0) is 46.8. The van der Waals surface area contributed by atoms with Crippen LogP contribution in [-0.4, -0.2) is 32.6 Å². The number of nitrogens with zero attached hydrogens (tertiary/aromatic N) is 2. The second-order valence-corrected chi connectivity index (χ2v) is 20.1. The summed E-state index contributed by atoms with van der Waals surface area (Å²) in [6.07, 6.45) is 0.597. The van der Waals surface area contributed by atoms with Crippen LogP contribution in [0, 0.1) is 13.8 Å². The van der Waals surface area contributed by atoms with Gasteiger partial charge in [-0.2, -0.15) is 0 Å². The van der Waals surface area contributed by atoms with E-state index in [0.29, 0.717) is 31.1 Å². The van der Waals surface area contributed by atoms with E-state index < -0.39 is 0 Å². The largest absolute Gasteiger partial charge is 0.505 e. The zero-order valence-electron chi connectivity index (χ0n) is 39.7. The molecule has 336 valence electrons. The summed E-state index contributed by atoms with van der Waals surface area (Å²) in [5, 5.41) is 29.3. The van der Waals surface area contributed by atoms with Crippen molar-refractivity contribution in [2.45, 2.75) is 72.6 Å². The third-order valence-corrected chi connectivity index (χ3v) is 13.2. The van der Waals surface area contributed by atoms with Crippen LogP contribution in [0.15, 0.2) is 158 Å². The molecule has 10 aromatic rings. The van der Waals surface area contributed by atoms with Crippen LogP contribution in [0.5, 0.6) is 23.0 Å². The van der Waals surface area contributed by atoms with Crippen LogP contribution in [0.4, 0.5) is 0 Å². The fourth-order valence-electron chi connectivity index (χ4n) is 9.72. The van der Waals surface area contributed by atoms with E-state index in [1.54, 1.807) is 0 Å². The van der Waals surface area contributed by atoms with Crippen molar-refractivity contribution >= 4 is 43.6 Å². The minimum atomic E-state index is -0.133. The summed E-state index contributed by atoms with van der Waals surface area (Å²) in [6, 6.07) is 54.4. The molecule has 2 heterocycles. The molecule has 67 heavy (non-hydrogen) atoms. The number of aromatic hydroxyl groups is 2. The first-order valence-electron chi connectivity index (χ1n) is 23.4. The number of hydrogen-bond acceptors (Lipinski definition) is 4. The number of phenolic OH excluding ortho intramolecular Hbond substituents is 2. The van der Waals surface area contributed by atoms with Gasteiger partial charge in [0.2, 0.25) is 0 Å². The monoisotopic (exact) mass is 882 g/mol. The minimum Gasteiger partial charge on any atom is -0.505 e. The van der Waals surface area contributed by atoms with Crippen molar-refractivity contribution in [3.8, 4) is 56.6 Å². The summed E-state index contributed by atoms with van der Waals surface area (Å²) in [4.78, 5) is 0. The molecular weight excluding hydrogens is 825 g/mol. The maximum absolute atomic E-state index is 12.4. The average Bonchev–Trinajstić information content (AvgIpc) is 3.82. The van der Waals surface area contributed by atoms with Crippen LogP contribution in [0.1, 0.15) is 70.2 Å². The van der Waals surface area contributed by atoms with Crippen LogP contribution in [0.25, 0.3) is 77.2 Å². The predicted molar refractivity (Wildman–Crippen MR) is 278 cm³/mol. The van der Waals surface area contributed by atoms with Gasteiger partial charge in [-0.05, 0) is 120 Å². The lowest BCUT2D eigenvalue weighted by Crippen LogP contribution is -2.12. The summed E-state index contributed by atoms with van der Waals surface area (Å²) < 4.78 is 17.7. The van der Waals surface area contributed by atoms with Gasteiger partial charge in [-0.15, -0.1) is 0 Å². The fraction of sp³-hybridized carbons (Fsp3) is 0.213. The number of benzene rings is 8. The molecule has 2 N–H and O–H groups in total. The standard InChI is InChI=1S/C61H58N2O4/c1-38-32-48(58(64)54(34-38)62-50-22-13-9-18-42(50)43-19-10-14-23-51(43)62)46-36-40(60(3,4)5)26-28-56(46)66-30-17-31-67-57-29-27-41(61(6,7)8)37-47(57)49-33-39(2)35-55(59(49)65)63-52-24-15-11-20-44(52)45-21-12-16-25-53(45)63/h9-16,18-29,32-37,64-65H,17,30-31H2,1-8H3. The van der Waals surface area contributed by atoms with Crippen LogP contribution >= 0.6 is 0 Å². The predicted octanol–water partition coefficient (Wildman–Crippen LogP) is 15.7. The molecule has 6 heteroatoms. The second kappa shape index (κ2) is 16.8. The van der Waals surface area contributed by atoms with Crippen molar-refractivity contribution < 1.29 is 19.7 Å². The maximum Gasteiger partial charge on any atom is 0.147 e. The first-order chi connectivity index (χ1) is 32.2. The van der Waals surface area contributed by atoms with E-state index in [2.05, 4.69) is 186 Å². The summed E-state index contributed by atoms with van der Waals surface area (Å²) in [5.41, 5.74) is 12.8. The molecule has 8 aromatic carbocycles. The number of ether oxygens (including phenoxy) is 2. The number of para-hydroxylation sites is 4. The molecule has 0 aliphatic rings. The van der Waals surface area contributed by atoms with E-state index in [0.717, 1.165) is 99.5 Å². The Kier molecular flexibility index (Phi) is 10.9. The number of aryl methyl sites for hydroxylation is 2. The number of fused-ring (bicyclic) bond motifs is 6. The average molecular weight is 883 g/mol. The summed E-state index contributed by atoms with van der Waals surface area (Å²) >= 11 is 0. The van der Waals surface area contributed by atoms with Gasteiger partial charge in [0.25, 0.3) is 0 Å². The van der Waals surface area contributed by atoms with Crippen molar-refractivity contribution in [3.63, 3.8) is 0 Å². The van der Waals surface area contributed by atoms with Crippen LogP contribution < -0.4 is 9.47 Å². The molecule has 0 saturated heterocycles. The molecular formula is C61H58N2O4. The van der Waals surface area contributed by atoms with E-state index >= 15 is 0 Å². The highest BCUT2D eigenvalue weighted by atomic mass is 16.5. The second-order valence-electron chi connectivity index (χ2n) is 20.1. The van der Waals surface area contributed by atoms with E-state index in [9.17, 15) is 10.2 Å². The Morgan fingerprint density at radius 1 is 0.403 bits per heavy atom. The Morgan fingerprint density at radius 2 is 0.731 bits per heavy atom. The van der Waals surface area contributed by atoms with Crippen LogP contribution in [-0.2, 0) is 10.8 Å². The number of aromatic nitrogens is 2. The molecule has 0 aliphatic heterocycles. The molecule has 0 radical (unpaired) electrons. The lowest BCUT2D eigenvalue weighted by atomic mass is 9.85. The number of phenols is 2. The Bertz CT molecular complexity index is 3180. The Labute approximate surface area is 393 Å². The van der Waals surface area contributed by atoms with E-state index in [4.69, 9.17) is 9.47 Å². The van der Waals surface area contributed by atoms with Crippen molar-refractivity contribution in [1.82, 2.24) is 9.13 Å². The van der Waals surface area contributed by atoms with Crippen molar-refractivity contribution in [3.05, 3.63) is 180 Å². The smallest absolute Gasteiger partial charge is 0.147 e. The van der Waals surface area contributed by atoms with Gasteiger partial charge in [-0.3, -0.25) is 0 Å². The highest BCUT2D eigenvalue weighted by molar-refractivity contribution is 6.10. The topological polar surface area (TPSA) is 68.8 Å². The minimum absolute atomic E-state index is 0.133. The van der Waals surface area contributed by atoms with Gasteiger partial charge < -0.3 is 28.8 Å². The number of rotatable bonds is 10. The molecule has 0 fully saturated rings. The quantitative estimate of drug-likeness (QED) is 0.134. The molecule has 10 rings (SSSR count). The van der Waals surface area contributed by atoms with Gasteiger partial charge in [0, 0.05) is 50.2 Å². The molecule has 0 amide bonds. The van der Waals surface area contributed by atoms with Crippen molar-refractivity contribution in [2.24, 2.45) is 0 Å². The molecule has 0 aliphatic carbocycles. The summed E-state index contributed by atoms with van der Waals surface area (Å²) in [5.74, 6) is 1.78. The first kappa shape index (κ1) is 43.5. The Balaban J connectivity index is 0.968. The highest BCUT2D eigenvalue weighted by Gasteiger charge is 2.25. The third-order valence-electron chi connectivity index (χ3n) is 13.2. The van der Waals surface area contributed by atoms with Crippen LogP contribution in [0.3, 0.4) is 0 Å². The van der Waals surface area contributed by atoms with Gasteiger partial charge in [0.1, 0.15) is 23.0 Å². The number of hydrogen-bond donors (Lipinski definition) is 2. The fourth-order valence-corrected chi connectivity index (χ4v) is 9.72. The Hall–Kier alpha value is -7.44. The van der Waals surface area contributed by atoms with Crippen LogP contribution in [0.2, 0.25) is 0 Å². The van der Waals surface area contributed by atoms with Crippen molar-refractivity contribution in [2.75, 3.05) is 13.2 Å². The maximum atomic E-state index is 12.4. The van der Waals surface area contributed by atoms with Gasteiger partial charge in [-0.25, -0.2) is 0 Å². The van der Waals surface area contributed by atoms with E-state index in [-0.39, 0.29) is 22.3 Å². The molecule has 0 unspecified atom stereocenters. The zero-order valence-corrected chi connectivity index (χ0v) is 39.7. The normalized spacial score (nSPS) is 12.2.